The highest BCUT2D eigenvalue weighted by molar-refractivity contribution is 5.94. The van der Waals surface area contributed by atoms with Crippen molar-refractivity contribution in [3.8, 4) is 11.6 Å². The summed E-state index contributed by atoms with van der Waals surface area (Å²) in [5, 5.41) is 2.80. The fourth-order valence-electron chi connectivity index (χ4n) is 3.34. The molecule has 14 nitrogen and oxygen atoms in total. The Bertz CT molecular complexity index is 1030. The lowest BCUT2D eigenvalue weighted by molar-refractivity contribution is -0.0201. The van der Waals surface area contributed by atoms with Crippen molar-refractivity contribution in [2.75, 3.05) is 113 Å². The molecule has 0 bridgehead atoms. The highest BCUT2D eigenvalue weighted by Gasteiger charge is 2.09. The SMILES string of the molecule is COC(=O)c1ccc(Oc2cccc(C(=O)NCCOCCOCCOCCOCCOCCOCCOCCN)c2)nc1. The van der Waals surface area contributed by atoms with Gasteiger partial charge in [-0.1, -0.05) is 6.07 Å². The molecule has 1 amide bonds. The molecule has 44 heavy (non-hydrogen) atoms. The Kier molecular flexibility index (Phi) is 21.1. The van der Waals surface area contributed by atoms with Crippen molar-refractivity contribution in [2.45, 2.75) is 0 Å². The maximum Gasteiger partial charge on any atom is 0.339 e. The van der Waals surface area contributed by atoms with Crippen LogP contribution in [0.25, 0.3) is 0 Å². The van der Waals surface area contributed by atoms with Crippen LogP contribution in [0.2, 0.25) is 0 Å². The van der Waals surface area contributed by atoms with E-state index in [0.29, 0.717) is 122 Å². The highest BCUT2D eigenvalue weighted by atomic mass is 16.6. The van der Waals surface area contributed by atoms with Crippen LogP contribution in [0.1, 0.15) is 20.7 Å². The van der Waals surface area contributed by atoms with Crippen molar-refractivity contribution in [3.05, 3.63) is 53.7 Å². The van der Waals surface area contributed by atoms with Crippen LogP contribution >= 0.6 is 0 Å². The summed E-state index contributed by atoms with van der Waals surface area (Å²) in [5.41, 5.74) is 6.07. The molecule has 0 aliphatic carbocycles. The van der Waals surface area contributed by atoms with E-state index in [1.54, 1.807) is 36.4 Å². The molecule has 3 N–H and O–H groups in total. The number of pyridine rings is 1. The van der Waals surface area contributed by atoms with Crippen molar-refractivity contribution in [2.24, 2.45) is 5.73 Å². The van der Waals surface area contributed by atoms with Gasteiger partial charge in [-0.15, -0.1) is 0 Å². The minimum absolute atomic E-state index is 0.260. The Morgan fingerprint density at radius 1 is 0.682 bits per heavy atom. The number of nitrogens with zero attached hydrogens (tertiary/aromatic N) is 1. The summed E-state index contributed by atoms with van der Waals surface area (Å²) < 4.78 is 48.2. The number of nitrogens with two attached hydrogens (primary N) is 1. The fraction of sp³-hybridized carbons (Fsp3) is 0.567. The molecule has 14 heteroatoms. The van der Waals surface area contributed by atoms with Crippen LogP contribution in [0.5, 0.6) is 11.6 Å². The lowest BCUT2D eigenvalue weighted by Gasteiger charge is -2.09. The van der Waals surface area contributed by atoms with Gasteiger partial charge in [-0.05, 0) is 24.3 Å². The molecular weight excluding hydrogens is 578 g/mol. The molecule has 0 radical (unpaired) electrons. The predicted octanol–water partition coefficient (Wildman–Crippen LogP) is 1.47. The summed E-state index contributed by atoms with van der Waals surface area (Å²) in [4.78, 5) is 28.1. The summed E-state index contributed by atoms with van der Waals surface area (Å²) in [6.07, 6.45) is 1.36. The van der Waals surface area contributed by atoms with Gasteiger partial charge in [0.25, 0.3) is 5.91 Å². The molecule has 1 heterocycles. The summed E-state index contributed by atoms with van der Waals surface area (Å²) in [6, 6.07) is 9.78. The molecule has 1 aromatic carbocycles. The molecule has 0 aliphatic heterocycles. The van der Waals surface area contributed by atoms with Gasteiger partial charge in [0.2, 0.25) is 5.88 Å². The molecular formula is C30H45N3O11. The van der Waals surface area contributed by atoms with E-state index >= 15 is 0 Å². The van der Waals surface area contributed by atoms with E-state index in [9.17, 15) is 9.59 Å². The molecule has 0 fully saturated rings. The van der Waals surface area contributed by atoms with Gasteiger partial charge in [-0.25, -0.2) is 9.78 Å². The van der Waals surface area contributed by atoms with E-state index < -0.39 is 5.97 Å². The molecule has 0 saturated heterocycles. The second kappa shape index (κ2) is 25.2. The lowest BCUT2D eigenvalue weighted by atomic mass is 10.2. The normalized spacial score (nSPS) is 11.0. The van der Waals surface area contributed by atoms with Gasteiger partial charge < -0.3 is 53.7 Å². The number of carbonyl (C=O) groups is 2. The minimum atomic E-state index is -0.485. The van der Waals surface area contributed by atoms with E-state index in [1.807, 2.05) is 0 Å². The molecule has 1 aromatic heterocycles. The third-order valence-electron chi connectivity index (χ3n) is 5.50. The zero-order valence-electron chi connectivity index (χ0n) is 25.4. The third-order valence-corrected chi connectivity index (χ3v) is 5.50. The predicted molar refractivity (Wildman–Crippen MR) is 159 cm³/mol. The molecule has 0 atom stereocenters. The molecule has 246 valence electrons. The van der Waals surface area contributed by atoms with Crippen molar-refractivity contribution in [1.29, 1.82) is 0 Å². The molecule has 0 saturated carbocycles. The summed E-state index contributed by atoms with van der Waals surface area (Å²) in [5.74, 6) is -0.0299. The van der Waals surface area contributed by atoms with Crippen molar-refractivity contribution < 1.29 is 52.2 Å². The average molecular weight is 624 g/mol. The number of hydrogen-bond acceptors (Lipinski definition) is 13. The van der Waals surface area contributed by atoms with Crippen LogP contribution < -0.4 is 15.8 Å². The number of hydrogen-bond donors (Lipinski definition) is 2. The van der Waals surface area contributed by atoms with E-state index in [0.717, 1.165) is 0 Å². The van der Waals surface area contributed by atoms with Gasteiger partial charge in [0.05, 0.1) is 105 Å². The zero-order chi connectivity index (χ0) is 31.5. The second-order valence-corrected chi connectivity index (χ2v) is 8.84. The fourth-order valence-corrected chi connectivity index (χ4v) is 3.34. The van der Waals surface area contributed by atoms with Gasteiger partial charge >= 0.3 is 5.97 Å². The second-order valence-electron chi connectivity index (χ2n) is 8.84. The zero-order valence-corrected chi connectivity index (χ0v) is 25.4. The van der Waals surface area contributed by atoms with Crippen LogP contribution in [0, 0.1) is 0 Å². The van der Waals surface area contributed by atoms with Gasteiger partial charge in [0.1, 0.15) is 5.75 Å². The quantitative estimate of drug-likeness (QED) is 0.109. The standard InChI is InChI=1S/C30H45N3O11/c1-36-30(35)26-5-6-28(33-24-26)44-27-4-2-3-25(23-27)29(34)32-8-10-38-12-14-40-16-18-42-20-22-43-21-19-41-17-15-39-13-11-37-9-7-31/h2-6,23-24H,7-22,31H2,1H3,(H,32,34). The van der Waals surface area contributed by atoms with Crippen LogP contribution in [0.15, 0.2) is 42.6 Å². The summed E-state index contributed by atoms with van der Waals surface area (Å²) in [6.45, 7) is 7.50. The summed E-state index contributed by atoms with van der Waals surface area (Å²) in [7, 11) is 1.30. The number of methoxy groups -OCH3 is 1. The van der Waals surface area contributed by atoms with Crippen molar-refractivity contribution >= 4 is 11.9 Å². The van der Waals surface area contributed by atoms with Gasteiger partial charge in [-0.2, -0.15) is 0 Å². The number of esters is 1. The Labute approximate surface area is 258 Å². The van der Waals surface area contributed by atoms with E-state index in [4.69, 9.17) is 43.6 Å². The average Bonchev–Trinajstić information content (AvgIpc) is 3.05. The van der Waals surface area contributed by atoms with Crippen LogP contribution in [-0.2, 0) is 37.9 Å². The van der Waals surface area contributed by atoms with Gasteiger partial charge in [0, 0.05) is 30.9 Å². The molecule has 0 unspecified atom stereocenters. The number of benzene rings is 1. The number of amides is 1. The Morgan fingerprint density at radius 3 is 1.68 bits per heavy atom. The van der Waals surface area contributed by atoms with Crippen molar-refractivity contribution in [3.63, 3.8) is 0 Å². The monoisotopic (exact) mass is 623 g/mol. The van der Waals surface area contributed by atoms with E-state index in [-0.39, 0.29) is 11.8 Å². The first-order valence-corrected chi connectivity index (χ1v) is 14.5. The number of rotatable bonds is 27. The first-order valence-electron chi connectivity index (χ1n) is 14.5. The smallest absolute Gasteiger partial charge is 0.339 e. The van der Waals surface area contributed by atoms with E-state index in [1.165, 1.54) is 13.3 Å². The third kappa shape index (κ3) is 17.8. The number of carbonyl (C=O) groups excluding carboxylic acids is 2. The molecule has 2 rings (SSSR count). The Morgan fingerprint density at radius 2 is 1.20 bits per heavy atom. The van der Waals surface area contributed by atoms with E-state index in [2.05, 4.69) is 15.0 Å². The maximum absolute atomic E-state index is 12.5. The van der Waals surface area contributed by atoms with Crippen LogP contribution in [0.4, 0.5) is 0 Å². The largest absolute Gasteiger partial charge is 0.465 e. The minimum Gasteiger partial charge on any atom is -0.465 e. The first kappa shape index (κ1) is 37.0. The molecule has 0 aliphatic rings. The highest BCUT2D eigenvalue weighted by Crippen LogP contribution is 2.20. The number of nitrogens with one attached hydrogen (secondary N) is 1. The Balaban J connectivity index is 1.38. The van der Waals surface area contributed by atoms with Gasteiger partial charge in [-0.3, -0.25) is 4.79 Å². The summed E-state index contributed by atoms with van der Waals surface area (Å²) >= 11 is 0. The van der Waals surface area contributed by atoms with Crippen LogP contribution in [0.3, 0.4) is 0 Å². The van der Waals surface area contributed by atoms with Crippen molar-refractivity contribution in [1.82, 2.24) is 10.3 Å². The lowest BCUT2D eigenvalue weighted by Crippen LogP contribution is -2.27. The van der Waals surface area contributed by atoms with Gasteiger partial charge in [0.15, 0.2) is 0 Å². The topological polar surface area (TPSA) is 168 Å². The number of aromatic nitrogens is 1. The Hall–Kier alpha value is -3.21. The van der Waals surface area contributed by atoms with Crippen LogP contribution in [-0.4, -0.2) is 130 Å². The number of ether oxygens (including phenoxy) is 9. The first-order chi connectivity index (χ1) is 21.6. The maximum atomic E-state index is 12.5. The molecule has 2 aromatic rings. The molecule has 0 spiro atoms.